The molecular weight excluding hydrogens is 306 g/mol. The maximum absolute atomic E-state index is 12.3. The molecule has 0 saturated heterocycles. The summed E-state index contributed by atoms with van der Waals surface area (Å²) in [5.74, 6) is 0.451. The Balaban J connectivity index is 2.14. The number of nitrogens with one attached hydrogen (secondary N) is 1. The van der Waals surface area contributed by atoms with Gasteiger partial charge in [-0.2, -0.15) is 0 Å². The molecule has 0 aliphatic rings. The Bertz CT molecular complexity index is 755. The Morgan fingerprint density at radius 3 is 2.50 bits per heavy atom. The van der Waals surface area contributed by atoms with Crippen molar-refractivity contribution < 1.29 is 19.1 Å². The van der Waals surface area contributed by atoms with Crippen molar-refractivity contribution in [2.75, 3.05) is 12.4 Å². The van der Waals surface area contributed by atoms with E-state index in [1.807, 2.05) is 31.2 Å². The van der Waals surface area contributed by atoms with Crippen molar-refractivity contribution in [3.8, 4) is 11.5 Å². The molecule has 1 amide bonds. The number of rotatable bonds is 6. The van der Waals surface area contributed by atoms with Crippen molar-refractivity contribution in [1.29, 1.82) is 0 Å². The van der Waals surface area contributed by atoms with Gasteiger partial charge in [0, 0.05) is 11.8 Å². The predicted octanol–water partition coefficient (Wildman–Crippen LogP) is 3.61. The Morgan fingerprint density at radius 1 is 1.12 bits per heavy atom. The molecule has 2 aromatic rings. The number of hydrogen-bond acceptors (Lipinski definition) is 4. The molecule has 2 rings (SSSR count). The summed E-state index contributed by atoms with van der Waals surface area (Å²) in [4.78, 5) is 24.0. The van der Waals surface area contributed by atoms with Gasteiger partial charge in [-0.25, -0.2) is 0 Å². The normalized spacial score (nSPS) is 11.5. The van der Waals surface area contributed by atoms with Gasteiger partial charge in [0.2, 0.25) is 0 Å². The van der Waals surface area contributed by atoms with Crippen molar-refractivity contribution >= 4 is 17.4 Å². The third kappa shape index (κ3) is 4.35. The first kappa shape index (κ1) is 17.5. The molecule has 0 saturated carbocycles. The second kappa shape index (κ2) is 7.64. The molecule has 0 bridgehead atoms. The predicted molar refractivity (Wildman–Crippen MR) is 92.9 cm³/mol. The molecule has 1 N–H and O–H groups in total. The molecule has 126 valence electrons. The zero-order valence-electron chi connectivity index (χ0n) is 14.3. The number of methoxy groups -OCH3 is 1. The molecule has 0 aliphatic heterocycles. The van der Waals surface area contributed by atoms with E-state index < -0.39 is 6.10 Å². The number of ether oxygens (including phenoxy) is 2. The number of carbonyl (C=O) groups excluding carboxylic acids is 2. The highest BCUT2D eigenvalue weighted by Gasteiger charge is 2.18. The fourth-order valence-electron chi connectivity index (χ4n) is 2.23. The summed E-state index contributed by atoms with van der Waals surface area (Å²) < 4.78 is 10.8. The van der Waals surface area contributed by atoms with Crippen molar-refractivity contribution in [1.82, 2.24) is 0 Å². The Kier molecular flexibility index (Phi) is 5.58. The highest BCUT2D eigenvalue weighted by Crippen LogP contribution is 2.26. The molecule has 5 nitrogen and oxygen atoms in total. The lowest BCUT2D eigenvalue weighted by Gasteiger charge is -2.17. The van der Waals surface area contributed by atoms with Crippen LogP contribution in [0.5, 0.6) is 11.5 Å². The van der Waals surface area contributed by atoms with Crippen LogP contribution in [0.25, 0.3) is 0 Å². The fraction of sp³-hybridized carbons (Fsp3) is 0.263. The lowest BCUT2D eigenvalue weighted by Crippen LogP contribution is -2.30. The Hall–Kier alpha value is -2.82. The van der Waals surface area contributed by atoms with Crippen LogP contribution < -0.4 is 14.8 Å². The first-order chi connectivity index (χ1) is 11.4. The van der Waals surface area contributed by atoms with E-state index in [9.17, 15) is 9.59 Å². The van der Waals surface area contributed by atoms with Gasteiger partial charge in [0.1, 0.15) is 11.5 Å². The zero-order valence-corrected chi connectivity index (χ0v) is 14.3. The van der Waals surface area contributed by atoms with Gasteiger partial charge in [-0.1, -0.05) is 12.1 Å². The lowest BCUT2D eigenvalue weighted by molar-refractivity contribution is -0.122. The molecule has 0 aromatic heterocycles. The standard InChI is InChI=1S/C19H21NO4/c1-12-6-5-7-15(10-12)20-19(22)14(3)24-18-11-16(23-4)8-9-17(18)13(2)21/h5-11,14H,1-4H3,(H,20,22). The maximum Gasteiger partial charge on any atom is 0.265 e. The summed E-state index contributed by atoms with van der Waals surface area (Å²) in [5.41, 5.74) is 2.16. The molecule has 2 aromatic carbocycles. The smallest absolute Gasteiger partial charge is 0.265 e. The van der Waals surface area contributed by atoms with Crippen molar-refractivity contribution in [2.45, 2.75) is 26.9 Å². The Labute approximate surface area is 141 Å². The molecule has 0 spiro atoms. The van der Waals surface area contributed by atoms with E-state index in [4.69, 9.17) is 9.47 Å². The number of ketones is 1. The monoisotopic (exact) mass is 327 g/mol. The van der Waals surface area contributed by atoms with Crippen molar-refractivity contribution in [2.24, 2.45) is 0 Å². The number of carbonyl (C=O) groups is 2. The van der Waals surface area contributed by atoms with Crippen molar-refractivity contribution in [3.63, 3.8) is 0 Å². The average Bonchev–Trinajstić information content (AvgIpc) is 2.54. The molecule has 1 unspecified atom stereocenters. The zero-order chi connectivity index (χ0) is 17.7. The van der Waals surface area contributed by atoms with Gasteiger partial charge >= 0.3 is 0 Å². The number of benzene rings is 2. The van der Waals surface area contributed by atoms with E-state index in [2.05, 4.69) is 5.32 Å². The molecule has 0 aliphatic carbocycles. The molecule has 0 fully saturated rings. The van der Waals surface area contributed by atoms with Crippen LogP contribution in [0.4, 0.5) is 5.69 Å². The fourth-order valence-corrected chi connectivity index (χ4v) is 2.23. The first-order valence-corrected chi connectivity index (χ1v) is 7.64. The van der Waals surface area contributed by atoms with Crippen molar-refractivity contribution in [3.05, 3.63) is 53.6 Å². The number of Topliss-reactive ketones (excluding diaryl/α,β-unsaturated/α-hetero) is 1. The largest absolute Gasteiger partial charge is 0.497 e. The second-order valence-electron chi connectivity index (χ2n) is 5.54. The highest BCUT2D eigenvalue weighted by molar-refractivity contribution is 5.98. The summed E-state index contributed by atoms with van der Waals surface area (Å²) in [5, 5.41) is 2.80. The average molecular weight is 327 g/mol. The van der Waals surface area contributed by atoms with Crippen LogP contribution >= 0.6 is 0 Å². The van der Waals surface area contributed by atoms with Gasteiger partial charge in [0.05, 0.1) is 12.7 Å². The highest BCUT2D eigenvalue weighted by atomic mass is 16.5. The minimum atomic E-state index is -0.768. The van der Waals surface area contributed by atoms with Crippen LogP contribution in [0, 0.1) is 6.92 Å². The van der Waals surface area contributed by atoms with Gasteiger partial charge in [0.15, 0.2) is 11.9 Å². The van der Waals surface area contributed by atoms with E-state index in [0.29, 0.717) is 22.7 Å². The van der Waals surface area contributed by atoms with E-state index in [0.717, 1.165) is 5.56 Å². The number of hydrogen-bond donors (Lipinski definition) is 1. The first-order valence-electron chi connectivity index (χ1n) is 7.64. The third-order valence-corrected chi connectivity index (χ3v) is 3.53. The molecular formula is C19H21NO4. The van der Waals surface area contributed by atoms with Crippen LogP contribution in [-0.2, 0) is 4.79 Å². The van der Waals surface area contributed by atoms with E-state index in [-0.39, 0.29) is 11.7 Å². The number of amides is 1. The lowest BCUT2D eigenvalue weighted by atomic mass is 10.1. The van der Waals surface area contributed by atoms with E-state index in [1.165, 1.54) is 14.0 Å². The molecule has 5 heteroatoms. The SMILES string of the molecule is COc1ccc(C(C)=O)c(OC(C)C(=O)Nc2cccc(C)c2)c1. The van der Waals surface area contributed by atoms with Gasteiger partial charge < -0.3 is 14.8 Å². The maximum atomic E-state index is 12.3. The van der Waals surface area contributed by atoms with E-state index >= 15 is 0 Å². The summed E-state index contributed by atoms with van der Waals surface area (Å²) in [6.45, 7) is 5.03. The number of aryl methyl sites for hydroxylation is 1. The number of anilines is 1. The summed E-state index contributed by atoms with van der Waals surface area (Å²) in [7, 11) is 1.53. The third-order valence-electron chi connectivity index (χ3n) is 3.53. The van der Waals surface area contributed by atoms with Gasteiger partial charge in [0.25, 0.3) is 5.91 Å². The van der Waals surface area contributed by atoms with Crippen LogP contribution in [0.2, 0.25) is 0 Å². The van der Waals surface area contributed by atoms with Crippen LogP contribution in [-0.4, -0.2) is 24.9 Å². The van der Waals surface area contributed by atoms with E-state index in [1.54, 1.807) is 25.1 Å². The van der Waals surface area contributed by atoms with Crippen LogP contribution in [0.1, 0.15) is 29.8 Å². The van der Waals surface area contributed by atoms with Gasteiger partial charge in [-0.3, -0.25) is 9.59 Å². The van der Waals surface area contributed by atoms with Crippen LogP contribution in [0.15, 0.2) is 42.5 Å². The second-order valence-corrected chi connectivity index (χ2v) is 5.54. The van der Waals surface area contributed by atoms with Gasteiger partial charge in [-0.05, 0) is 50.6 Å². The molecule has 0 radical (unpaired) electrons. The summed E-state index contributed by atoms with van der Waals surface area (Å²) in [6, 6.07) is 12.4. The molecule has 24 heavy (non-hydrogen) atoms. The topological polar surface area (TPSA) is 64.6 Å². The minimum Gasteiger partial charge on any atom is -0.497 e. The summed E-state index contributed by atoms with van der Waals surface area (Å²) in [6.07, 6.45) is -0.768. The van der Waals surface area contributed by atoms with Crippen LogP contribution in [0.3, 0.4) is 0 Å². The van der Waals surface area contributed by atoms with Gasteiger partial charge in [-0.15, -0.1) is 0 Å². The minimum absolute atomic E-state index is 0.140. The Morgan fingerprint density at radius 2 is 1.88 bits per heavy atom. The summed E-state index contributed by atoms with van der Waals surface area (Å²) >= 11 is 0. The molecule has 1 atom stereocenters. The quantitative estimate of drug-likeness (QED) is 0.823. The molecule has 0 heterocycles.